The minimum atomic E-state index is -1.32. The van der Waals surface area contributed by atoms with Crippen LogP contribution in [0, 0.1) is 22.6 Å². The lowest BCUT2D eigenvalue weighted by Gasteiger charge is -2.26. The molecule has 2 aliphatic carbocycles. The molecule has 3 aromatic heterocycles. The molecule has 3 aliphatic rings. The van der Waals surface area contributed by atoms with Gasteiger partial charge in [-0.2, -0.15) is 5.26 Å². The van der Waals surface area contributed by atoms with Crippen molar-refractivity contribution in [2.45, 2.75) is 25.3 Å². The molecule has 10 nitrogen and oxygen atoms in total. The first-order valence-corrected chi connectivity index (χ1v) is 13.4. The Labute approximate surface area is 233 Å². The van der Waals surface area contributed by atoms with Gasteiger partial charge < -0.3 is 25.6 Å². The molecular formula is C30H26FN7O3. The smallest absolute Gasteiger partial charge is 0.341 e. The van der Waals surface area contributed by atoms with Crippen molar-refractivity contribution in [2.75, 3.05) is 30.4 Å². The molecule has 4 N–H and O–H groups in total. The predicted octanol–water partition coefficient (Wildman–Crippen LogP) is 3.24. The fourth-order valence-electron chi connectivity index (χ4n) is 6.73. The molecule has 0 bridgehead atoms. The van der Waals surface area contributed by atoms with Gasteiger partial charge in [0.05, 0.1) is 22.3 Å². The number of halogens is 1. The van der Waals surface area contributed by atoms with E-state index in [1.165, 1.54) is 16.8 Å². The third kappa shape index (κ3) is 3.50. The largest absolute Gasteiger partial charge is 0.477 e. The van der Waals surface area contributed by atoms with Gasteiger partial charge in [-0.15, -0.1) is 0 Å². The molecule has 1 aromatic carbocycles. The maximum Gasteiger partial charge on any atom is 0.341 e. The maximum absolute atomic E-state index is 15.3. The number of hydrogen-bond donors (Lipinski definition) is 3. The number of nitrogens with one attached hydrogen (secondary N) is 1. The predicted molar refractivity (Wildman–Crippen MR) is 151 cm³/mol. The molecule has 0 unspecified atom stereocenters. The van der Waals surface area contributed by atoms with E-state index in [-0.39, 0.29) is 28.0 Å². The number of aromatic carboxylic acids is 1. The number of anilines is 2. The highest BCUT2D eigenvalue weighted by molar-refractivity contribution is 6.00. The van der Waals surface area contributed by atoms with Crippen LogP contribution in [0.3, 0.4) is 0 Å². The number of rotatable bonds is 4. The maximum atomic E-state index is 15.3. The zero-order valence-electron chi connectivity index (χ0n) is 22.5. The van der Waals surface area contributed by atoms with Gasteiger partial charge in [-0.3, -0.25) is 9.78 Å². The summed E-state index contributed by atoms with van der Waals surface area (Å²) in [6, 6.07) is 5.18. The van der Waals surface area contributed by atoms with Crippen LogP contribution in [0.5, 0.6) is 0 Å². The van der Waals surface area contributed by atoms with Crippen molar-refractivity contribution >= 4 is 28.4 Å². The molecule has 1 saturated heterocycles. The number of nitrogens with two attached hydrogens (primary N) is 1. The second kappa shape index (κ2) is 8.59. The van der Waals surface area contributed by atoms with Gasteiger partial charge in [0.2, 0.25) is 5.43 Å². The summed E-state index contributed by atoms with van der Waals surface area (Å²) in [5.74, 6) is -1.93. The zero-order valence-corrected chi connectivity index (χ0v) is 22.5. The van der Waals surface area contributed by atoms with E-state index in [9.17, 15) is 20.0 Å². The topological polar surface area (TPSA) is 150 Å². The van der Waals surface area contributed by atoms with Crippen molar-refractivity contribution in [3.8, 4) is 28.3 Å². The molecule has 41 heavy (non-hydrogen) atoms. The summed E-state index contributed by atoms with van der Waals surface area (Å²) >= 11 is 0. The Hall–Kier alpha value is -4.82. The van der Waals surface area contributed by atoms with Gasteiger partial charge in [0.1, 0.15) is 23.1 Å². The molecule has 1 aliphatic heterocycles. The van der Waals surface area contributed by atoms with Crippen molar-refractivity contribution < 1.29 is 14.3 Å². The number of aromatic nitrogens is 3. The van der Waals surface area contributed by atoms with E-state index >= 15 is 4.39 Å². The Kier molecular flexibility index (Phi) is 5.27. The molecule has 4 aromatic rings. The third-order valence-corrected chi connectivity index (χ3v) is 9.00. The van der Waals surface area contributed by atoms with Crippen molar-refractivity contribution in [3.63, 3.8) is 0 Å². The van der Waals surface area contributed by atoms with Crippen molar-refractivity contribution in [3.05, 3.63) is 69.1 Å². The summed E-state index contributed by atoms with van der Waals surface area (Å²) in [7, 11) is 3.36. The number of nitriles is 1. The minimum Gasteiger partial charge on any atom is -0.477 e. The standard InChI is InChI=1S/C30H26FN7O3/c1-34-21-7-20(31)17(9-32)24-15(21)6-22-25(24)26(38-4-3-30(13-38)8-23(30)33)18(11-35-22)14-5-16-27(39)19(29(40)41)12-37(2)28(16)36-10-14/h5,7,10-12,23,34H,3-4,6,8,13,33H2,1-2H3,(H,40,41)/t23-,30-/m0/s1. The van der Waals surface area contributed by atoms with Gasteiger partial charge in [-0.1, -0.05) is 0 Å². The van der Waals surface area contributed by atoms with E-state index in [2.05, 4.69) is 21.3 Å². The highest BCUT2D eigenvalue weighted by atomic mass is 19.1. The zero-order chi connectivity index (χ0) is 28.8. The second-order valence-electron chi connectivity index (χ2n) is 11.2. The van der Waals surface area contributed by atoms with Crippen molar-refractivity contribution in [2.24, 2.45) is 18.2 Å². The van der Waals surface area contributed by atoms with E-state index in [0.29, 0.717) is 53.1 Å². The first-order chi connectivity index (χ1) is 19.7. The van der Waals surface area contributed by atoms with E-state index < -0.39 is 17.2 Å². The molecule has 1 saturated carbocycles. The molecule has 2 atom stereocenters. The normalized spacial score (nSPS) is 20.3. The van der Waals surface area contributed by atoms with E-state index in [1.54, 1.807) is 32.6 Å². The molecule has 7 rings (SSSR count). The lowest BCUT2D eigenvalue weighted by atomic mass is 9.94. The SMILES string of the molecule is CNc1cc(F)c(C#N)c2c1Cc1ncc(-c3cnc4c(c3)c(=O)c(C(=O)O)cn4C)c(N3CC[C@]4(C[C@@H]4N)C3)c1-2. The van der Waals surface area contributed by atoms with E-state index in [4.69, 9.17) is 10.7 Å². The van der Waals surface area contributed by atoms with Gasteiger partial charge >= 0.3 is 5.97 Å². The number of carboxylic acids is 1. The van der Waals surface area contributed by atoms with Crippen LogP contribution < -0.4 is 21.4 Å². The van der Waals surface area contributed by atoms with Crippen LogP contribution in [-0.4, -0.2) is 51.8 Å². The monoisotopic (exact) mass is 551 g/mol. The number of carboxylic acid groups (broad SMARTS) is 1. The lowest BCUT2D eigenvalue weighted by molar-refractivity contribution is 0.0695. The Morgan fingerprint density at radius 3 is 2.73 bits per heavy atom. The summed E-state index contributed by atoms with van der Waals surface area (Å²) in [5, 5.41) is 22.9. The molecule has 4 heterocycles. The van der Waals surface area contributed by atoms with E-state index in [0.717, 1.165) is 29.8 Å². The van der Waals surface area contributed by atoms with Gasteiger partial charge in [0, 0.05) is 91.6 Å². The number of nitrogens with zero attached hydrogens (tertiary/aromatic N) is 5. The first kappa shape index (κ1) is 25.2. The Balaban J connectivity index is 1.52. The highest BCUT2D eigenvalue weighted by Gasteiger charge is 2.56. The van der Waals surface area contributed by atoms with Crippen LogP contribution in [0.4, 0.5) is 15.8 Å². The average Bonchev–Trinajstić information content (AvgIpc) is 3.26. The van der Waals surface area contributed by atoms with Crippen LogP contribution in [-0.2, 0) is 13.5 Å². The Morgan fingerprint density at radius 2 is 2.07 bits per heavy atom. The fraction of sp³-hybridized carbons (Fsp3) is 0.300. The summed E-state index contributed by atoms with van der Waals surface area (Å²) in [6.07, 6.45) is 6.89. The van der Waals surface area contributed by atoms with Crippen molar-refractivity contribution in [1.82, 2.24) is 14.5 Å². The quantitative estimate of drug-likeness (QED) is 0.306. The molecule has 2 fully saturated rings. The molecule has 0 amide bonds. The Bertz CT molecular complexity index is 1950. The van der Waals surface area contributed by atoms with Gasteiger partial charge in [-0.05, 0) is 30.5 Å². The van der Waals surface area contributed by atoms with Gasteiger partial charge in [0.15, 0.2) is 0 Å². The number of aryl methyl sites for hydroxylation is 1. The molecule has 0 radical (unpaired) electrons. The number of pyridine rings is 3. The number of fused-ring (bicyclic) bond motifs is 4. The third-order valence-electron chi connectivity index (χ3n) is 9.00. The molecular weight excluding hydrogens is 525 g/mol. The fourth-order valence-corrected chi connectivity index (χ4v) is 6.73. The summed E-state index contributed by atoms with van der Waals surface area (Å²) in [4.78, 5) is 36.5. The molecule has 206 valence electrons. The van der Waals surface area contributed by atoms with Crippen LogP contribution in [0.15, 0.2) is 35.5 Å². The summed E-state index contributed by atoms with van der Waals surface area (Å²) < 4.78 is 16.8. The number of carbonyl (C=O) groups is 1. The molecule has 1 spiro atoms. The van der Waals surface area contributed by atoms with Crippen LogP contribution >= 0.6 is 0 Å². The number of hydrogen-bond acceptors (Lipinski definition) is 8. The Morgan fingerprint density at radius 1 is 1.29 bits per heavy atom. The van der Waals surface area contributed by atoms with Gasteiger partial charge in [-0.25, -0.2) is 14.2 Å². The minimum absolute atomic E-state index is 0.0128. The second-order valence-corrected chi connectivity index (χ2v) is 11.2. The van der Waals surface area contributed by atoms with Crippen LogP contribution in [0.25, 0.3) is 33.3 Å². The van der Waals surface area contributed by atoms with E-state index in [1.807, 2.05) is 0 Å². The number of benzene rings is 1. The summed E-state index contributed by atoms with van der Waals surface area (Å²) in [6.45, 7) is 1.42. The van der Waals surface area contributed by atoms with Crippen LogP contribution in [0.2, 0.25) is 0 Å². The average molecular weight is 552 g/mol. The lowest BCUT2D eigenvalue weighted by Crippen LogP contribution is -2.24. The van der Waals surface area contributed by atoms with Crippen molar-refractivity contribution in [1.29, 1.82) is 5.26 Å². The van der Waals surface area contributed by atoms with Crippen LogP contribution in [0.1, 0.15) is 40.0 Å². The summed E-state index contributed by atoms with van der Waals surface area (Å²) in [5.41, 5.74) is 11.1. The molecule has 11 heteroatoms. The highest BCUT2D eigenvalue weighted by Crippen LogP contribution is 2.56. The van der Waals surface area contributed by atoms with Gasteiger partial charge in [0.25, 0.3) is 0 Å². The first-order valence-electron chi connectivity index (χ1n) is 13.4.